The van der Waals surface area contributed by atoms with Crippen LogP contribution in [0.1, 0.15) is 12.5 Å². The fourth-order valence-corrected chi connectivity index (χ4v) is 2.39. The topological polar surface area (TPSA) is 95.5 Å². The summed E-state index contributed by atoms with van der Waals surface area (Å²) < 4.78 is 21.3. The summed E-state index contributed by atoms with van der Waals surface area (Å²) >= 11 is 0. The van der Waals surface area contributed by atoms with Gasteiger partial charge in [0.2, 0.25) is 6.10 Å². The molecule has 2 aromatic rings. The predicted octanol–water partition coefficient (Wildman–Crippen LogP) is 1.91. The average Bonchev–Trinajstić information content (AvgIpc) is 2.68. The maximum absolute atomic E-state index is 12.2. The summed E-state index contributed by atoms with van der Waals surface area (Å²) in [6, 6.07) is 12.0. The normalized spacial score (nSPS) is 15.3. The summed E-state index contributed by atoms with van der Waals surface area (Å²) in [6.07, 6.45) is 0.646. The molecule has 0 unspecified atom stereocenters. The first kappa shape index (κ1) is 18.2. The molecular formula is C19H18N2O6. The number of hydrogen-bond donors (Lipinski definition) is 1. The number of methoxy groups -OCH3 is 1. The average molecular weight is 370 g/mol. The van der Waals surface area contributed by atoms with Gasteiger partial charge < -0.3 is 18.9 Å². The van der Waals surface area contributed by atoms with Gasteiger partial charge in [0.25, 0.3) is 5.91 Å². The van der Waals surface area contributed by atoms with Crippen LogP contribution in [0.5, 0.6) is 23.0 Å². The summed E-state index contributed by atoms with van der Waals surface area (Å²) in [5, 5.41) is 3.92. The van der Waals surface area contributed by atoms with Crippen LogP contribution in [-0.2, 0) is 9.59 Å². The number of nitrogens with one attached hydrogen (secondary N) is 1. The van der Waals surface area contributed by atoms with Crippen LogP contribution in [-0.4, -0.2) is 37.9 Å². The zero-order valence-electron chi connectivity index (χ0n) is 14.8. The largest absolute Gasteiger partial charge is 0.493 e. The number of carbonyl (C=O) groups is 2. The Hall–Kier alpha value is -3.55. The van der Waals surface area contributed by atoms with Gasteiger partial charge in [0.05, 0.1) is 13.3 Å². The van der Waals surface area contributed by atoms with E-state index in [1.165, 1.54) is 20.2 Å². The van der Waals surface area contributed by atoms with Crippen LogP contribution in [0, 0.1) is 0 Å². The molecule has 3 rings (SSSR count). The highest BCUT2D eigenvalue weighted by molar-refractivity contribution is 5.85. The number of ether oxygens (including phenoxy) is 4. The molecule has 0 bridgehead atoms. The molecule has 27 heavy (non-hydrogen) atoms. The minimum atomic E-state index is -0.794. The number of hydrogen-bond acceptors (Lipinski definition) is 7. The second-order valence-corrected chi connectivity index (χ2v) is 5.60. The van der Waals surface area contributed by atoms with Crippen molar-refractivity contribution < 1.29 is 28.5 Å². The van der Waals surface area contributed by atoms with Crippen molar-refractivity contribution in [2.24, 2.45) is 5.10 Å². The van der Waals surface area contributed by atoms with E-state index in [-0.39, 0.29) is 6.61 Å². The van der Waals surface area contributed by atoms with Gasteiger partial charge >= 0.3 is 5.97 Å². The highest BCUT2D eigenvalue weighted by Crippen LogP contribution is 2.31. The molecule has 1 N–H and O–H groups in total. The lowest BCUT2D eigenvalue weighted by molar-refractivity contribution is -0.132. The molecule has 140 valence electrons. The minimum Gasteiger partial charge on any atom is -0.493 e. The number of para-hydroxylation sites is 2. The van der Waals surface area contributed by atoms with Crippen LogP contribution in [0.3, 0.4) is 0 Å². The summed E-state index contributed by atoms with van der Waals surface area (Å²) in [5.41, 5.74) is 3.06. The molecule has 0 radical (unpaired) electrons. The van der Waals surface area contributed by atoms with Gasteiger partial charge in [-0.15, -0.1) is 0 Å². The van der Waals surface area contributed by atoms with Gasteiger partial charge in [-0.2, -0.15) is 5.10 Å². The number of nitrogens with zero attached hydrogens (tertiary/aromatic N) is 1. The number of fused-ring (bicyclic) bond motifs is 1. The van der Waals surface area contributed by atoms with Gasteiger partial charge in [0, 0.05) is 6.92 Å². The molecule has 0 fully saturated rings. The van der Waals surface area contributed by atoms with Crippen LogP contribution in [0.25, 0.3) is 0 Å². The van der Waals surface area contributed by atoms with Crippen LogP contribution in [0.4, 0.5) is 0 Å². The van der Waals surface area contributed by atoms with Gasteiger partial charge in [-0.25, -0.2) is 5.43 Å². The van der Waals surface area contributed by atoms with Gasteiger partial charge in [-0.3, -0.25) is 9.59 Å². The lowest BCUT2D eigenvalue weighted by Crippen LogP contribution is -2.42. The second-order valence-electron chi connectivity index (χ2n) is 5.60. The standard InChI is InChI=1S/C19H18N2O6/c1-12(22)26-16-8-7-13(9-17(16)24-2)10-20-21-19(23)18-11-25-14-5-3-4-6-15(14)27-18/h3-10,18H,11H2,1-2H3,(H,21,23)/t18-/m1/s1. The third-order valence-electron chi connectivity index (χ3n) is 3.63. The van der Waals surface area contributed by atoms with E-state index in [1.54, 1.807) is 36.4 Å². The first-order chi connectivity index (χ1) is 13.1. The maximum atomic E-state index is 12.2. The number of amides is 1. The zero-order chi connectivity index (χ0) is 19.2. The van der Waals surface area contributed by atoms with Crippen molar-refractivity contribution >= 4 is 18.1 Å². The van der Waals surface area contributed by atoms with E-state index in [1.807, 2.05) is 6.07 Å². The summed E-state index contributed by atoms with van der Waals surface area (Å²) in [6.45, 7) is 1.41. The van der Waals surface area contributed by atoms with Crippen molar-refractivity contribution in [1.29, 1.82) is 0 Å². The molecule has 1 aliphatic rings. The third kappa shape index (κ3) is 4.55. The highest BCUT2D eigenvalue weighted by atomic mass is 16.6. The summed E-state index contributed by atoms with van der Waals surface area (Å²) in [7, 11) is 1.46. The Morgan fingerprint density at radius 1 is 1.19 bits per heavy atom. The van der Waals surface area contributed by atoms with E-state index in [2.05, 4.69) is 10.5 Å². The monoisotopic (exact) mass is 370 g/mol. The molecule has 1 atom stereocenters. The highest BCUT2D eigenvalue weighted by Gasteiger charge is 2.26. The smallest absolute Gasteiger partial charge is 0.308 e. The van der Waals surface area contributed by atoms with Crippen LogP contribution >= 0.6 is 0 Å². The summed E-state index contributed by atoms with van der Waals surface area (Å²) in [5.74, 6) is 0.921. The Labute approximate surface area is 155 Å². The number of carbonyl (C=O) groups excluding carboxylic acids is 2. The molecule has 8 nitrogen and oxygen atoms in total. The fourth-order valence-electron chi connectivity index (χ4n) is 2.39. The number of esters is 1. The molecule has 0 saturated carbocycles. The van der Waals surface area contributed by atoms with Crippen molar-refractivity contribution in [3.63, 3.8) is 0 Å². The molecule has 0 spiro atoms. The van der Waals surface area contributed by atoms with Crippen molar-refractivity contribution in [2.75, 3.05) is 13.7 Å². The third-order valence-corrected chi connectivity index (χ3v) is 3.63. The molecule has 1 amide bonds. The Bertz CT molecular complexity index is 880. The lowest BCUT2D eigenvalue weighted by Gasteiger charge is -2.24. The first-order valence-electron chi connectivity index (χ1n) is 8.14. The van der Waals surface area contributed by atoms with E-state index in [4.69, 9.17) is 18.9 Å². The number of benzene rings is 2. The van der Waals surface area contributed by atoms with Crippen molar-refractivity contribution in [2.45, 2.75) is 13.0 Å². The van der Waals surface area contributed by atoms with Gasteiger partial charge in [-0.05, 0) is 35.9 Å². The van der Waals surface area contributed by atoms with E-state index in [9.17, 15) is 9.59 Å². The lowest BCUT2D eigenvalue weighted by atomic mass is 10.2. The van der Waals surface area contributed by atoms with Crippen LogP contribution in [0.2, 0.25) is 0 Å². The number of hydrazone groups is 1. The predicted molar refractivity (Wildman–Crippen MR) is 96.4 cm³/mol. The van der Waals surface area contributed by atoms with E-state index >= 15 is 0 Å². The van der Waals surface area contributed by atoms with Crippen molar-refractivity contribution in [1.82, 2.24) is 5.43 Å². The Kier molecular flexibility index (Phi) is 5.55. The zero-order valence-corrected chi connectivity index (χ0v) is 14.8. The fraction of sp³-hybridized carbons (Fsp3) is 0.211. The molecule has 0 aliphatic carbocycles. The van der Waals surface area contributed by atoms with Crippen LogP contribution < -0.4 is 24.4 Å². The van der Waals surface area contributed by atoms with E-state index < -0.39 is 18.0 Å². The van der Waals surface area contributed by atoms with Gasteiger partial charge in [-0.1, -0.05) is 12.1 Å². The van der Waals surface area contributed by atoms with Gasteiger partial charge in [0.1, 0.15) is 6.61 Å². The molecule has 0 aromatic heterocycles. The van der Waals surface area contributed by atoms with E-state index in [0.29, 0.717) is 28.6 Å². The Morgan fingerprint density at radius 3 is 2.70 bits per heavy atom. The maximum Gasteiger partial charge on any atom is 0.308 e. The minimum absolute atomic E-state index is 0.100. The molecule has 0 saturated heterocycles. The van der Waals surface area contributed by atoms with Crippen molar-refractivity contribution in [3.8, 4) is 23.0 Å². The molecule has 8 heteroatoms. The van der Waals surface area contributed by atoms with Gasteiger partial charge in [0.15, 0.2) is 23.0 Å². The van der Waals surface area contributed by atoms with E-state index in [0.717, 1.165) is 0 Å². The van der Waals surface area contributed by atoms with Crippen molar-refractivity contribution in [3.05, 3.63) is 48.0 Å². The van der Waals surface area contributed by atoms with Crippen LogP contribution in [0.15, 0.2) is 47.6 Å². The molecular weight excluding hydrogens is 352 g/mol. The molecule has 1 aliphatic heterocycles. The second kappa shape index (κ2) is 8.22. The SMILES string of the molecule is COc1cc(C=NNC(=O)[C@H]2COc3ccccc3O2)ccc1OC(C)=O. The Balaban J connectivity index is 1.60. The first-order valence-corrected chi connectivity index (χ1v) is 8.14. The number of rotatable bonds is 5. The quantitative estimate of drug-likeness (QED) is 0.374. The molecule has 2 aromatic carbocycles. The summed E-state index contributed by atoms with van der Waals surface area (Å²) in [4.78, 5) is 23.3. The Morgan fingerprint density at radius 2 is 1.96 bits per heavy atom. The molecule has 1 heterocycles.